The lowest BCUT2D eigenvalue weighted by molar-refractivity contribution is -0.151. The van der Waals surface area contributed by atoms with Crippen LogP contribution in [0.2, 0.25) is 0 Å². The molecule has 0 amide bonds. The fourth-order valence-electron chi connectivity index (χ4n) is 0.505. The molecule has 0 saturated heterocycles. The highest BCUT2D eigenvalue weighted by molar-refractivity contribution is 6.38. The predicted molar refractivity (Wildman–Crippen MR) is 42.4 cm³/mol. The van der Waals surface area contributed by atoms with Crippen LogP contribution in [0, 0.1) is 0 Å². The number of hydrogen-bond donors (Lipinski definition) is 0. The third-order valence-corrected chi connectivity index (χ3v) is 1.13. The molecule has 0 rings (SSSR count). The number of methoxy groups -OCH3 is 1. The summed E-state index contributed by atoms with van der Waals surface area (Å²) in [7, 11) is 1.42. The van der Waals surface area contributed by atoms with Crippen LogP contribution in [0.25, 0.3) is 0 Å². The van der Waals surface area contributed by atoms with Gasteiger partial charge in [-0.2, -0.15) is 0 Å². The summed E-state index contributed by atoms with van der Waals surface area (Å²) in [6.07, 6.45) is 1.10. The lowest BCUT2D eigenvalue weighted by Gasteiger charge is -1.98. The Morgan fingerprint density at radius 1 is 1.42 bits per heavy atom. The van der Waals surface area contributed by atoms with E-state index in [0.29, 0.717) is 5.76 Å². The summed E-state index contributed by atoms with van der Waals surface area (Å²) in [6, 6.07) is 0. The summed E-state index contributed by atoms with van der Waals surface area (Å²) in [5, 5.41) is 0. The topological polar surface area (TPSA) is 52.6 Å². The maximum absolute atomic E-state index is 10.9. The quantitative estimate of drug-likeness (QED) is 0.270. The van der Waals surface area contributed by atoms with Gasteiger partial charge in [0, 0.05) is 6.08 Å². The summed E-state index contributed by atoms with van der Waals surface area (Å²) >= 11 is 0. The van der Waals surface area contributed by atoms with Crippen molar-refractivity contribution in [2.24, 2.45) is 0 Å². The lowest BCUT2D eigenvalue weighted by atomic mass is 10.3. The number of allylic oxidation sites excluding steroid dienone is 1. The molecule has 68 valence electrons. The summed E-state index contributed by atoms with van der Waals surface area (Å²) in [4.78, 5) is 21.6. The lowest BCUT2D eigenvalue weighted by Crippen LogP contribution is -2.15. The Morgan fingerprint density at radius 3 is 2.42 bits per heavy atom. The van der Waals surface area contributed by atoms with Gasteiger partial charge < -0.3 is 9.47 Å². The minimum Gasteiger partial charge on any atom is -0.501 e. The van der Waals surface area contributed by atoms with E-state index in [1.165, 1.54) is 7.11 Å². The van der Waals surface area contributed by atoms with Crippen molar-refractivity contribution in [2.45, 2.75) is 13.8 Å². The van der Waals surface area contributed by atoms with E-state index in [1.807, 2.05) is 0 Å². The molecule has 0 saturated carbocycles. The fourth-order valence-corrected chi connectivity index (χ4v) is 0.505. The fraction of sp³-hybridized carbons (Fsp3) is 0.500. The van der Waals surface area contributed by atoms with Crippen molar-refractivity contribution in [3.63, 3.8) is 0 Å². The molecule has 0 aromatic heterocycles. The molecule has 0 aliphatic carbocycles. The van der Waals surface area contributed by atoms with Gasteiger partial charge in [-0.3, -0.25) is 4.79 Å². The van der Waals surface area contributed by atoms with Gasteiger partial charge in [0.05, 0.1) is 19.5 Å². The smallest absolute Gasteiger partial charge is 0.379 e. The molecule has 0 aliphatic rings. The van der Waals surface area contributed by atoms with Gasteiger partial charge in [-0.05, 0) is 13.8 Å². The third-order valence-electron chi connectivity index (χ3n) is 1.13. The Labute approximate surface area is 71.2 Å². The Hall–Kier alpha value is -1.32. The van der Waals surface area contributed by atoms with Crippen LogP contribution in [0.5, 0.6) is 0 Å². The van der Waals surface area contributed by atoms with Crippen molar-refractivity contribution in [3.8, 4) is 0 Å². The molecule has 4 nitrogen and oxygen atoms in total. The van der Waals surface area contributed by atoms with E-state index in [2.05, 4.69) is 9.47 Å². The van der Waals surface area contributed by atoms with Gasteiger partial charge in [0.1, 0.15) is 0 Å². The van der Waals surface area contributed by atoms with E-state index < -0.39 is 11.8 Å². The molecule has 0 heterocycles. The zero-order chi connectivity index (χ0) is 9.56. The first-order valence-corrected chi connectivity index (χ1v) is 3.55. The maximum atomic E-state index is 10.9. The number of carbonyl (C=O) groups excluding carboxylic acids is 2. The third kappa shape index (κ3) is 3.75. The second-order valence-electron chi connectivity index (χ2n) is 2.04. The molecule has 0 bridgehead atoms. The number of carbonyl (C=O) groups is 2. The van der Waals surface area contributed by atoms with E-state index in [9.17, 15) is 9.59 Å². The van der Waals surface area contributed by atoms with E-state index in [0.717, 1.165) is 6.08 Å². The Morgan fingerprint density at radius 2 is 2.00 bits per heavy atom. The normalized spacial score (nSPS) is 10.8. The van der Waals surface area contributed by atoms with Crippen LogP contribution in [0.1, 0.15) is 13.8 Å². The molecule has 0 fully saturated rings. The number of hydrogen-bond acceptors (Lipinski definition) is 4. The minimum atomic E-state index is -0.853. The van der Waals surface area contributed by atoms with Crippen LogP contribution in [-0.2, 0) is 19.1 Å². The molecule has 0 spiro atoms. The summed E-state index contributed by atoms with van der Waals surface area (Å²) in [5.74, 6) is -1.17. The Balaban J connectivity index is 4.12. The number of rotatable bonds is 4. The van der Waals surface area contributed by atoms with Crippen molar-refractivity contribution in [2.75, 3.05) is 13.7 Å². The molecule has 0 aromatic rings. The minimum absolute atomic E-state index is 0.199. The predicted octanol–water partition coefficient (Wildman–Crippen LogP) is 0.669. The first kappa shape index (κ1) is 10.7. The van der Waals surface area contributed by atoms with Crippen LogP contribution in [0.3, 0.4) is 0 Å². The van der Waals surface area contributed by atoms with E-state index in [-0.39, 0.29) is 6.61 Å². The zero-order valence-electron chi connectivity index (χ0n) is 7.42. The average Bonchev–Trinajstić information content (AvgIpc) is 2.04. The molecule has 0 N–H and O–H groups in total. The van der Waals surface area contributed by atoms with Crippen LogP contribution in [0.4, 0.5) is 0 Å². The van der Waals surface area contributed by atoms with Crippen molar-refractivity contribution in [1.82, 2.24) is 0 Å². The Bertz CT molecular complexity index is 205. The standard InChI is InChI=1S/C8H12O4/c1-4-12-8(10)7(9)5-6(2)11-3/h5H,4H2,1-3H3/b6-5+. The van der Waals surface area contributed by atoms with Gasteiger partial charge in [-0.1, -0.05) is 0 Å². The van der Waals surface area contributed by atoms with Gasteiger partial charge in [-0.25, -0.2) is 4.79 Å². The molecule has 4 heteroatoms. The van der Waals surface area contributed by atoms with Gasteiger partial charge >= 0.3 is 5.97 Å². The monoisotopic (exact) mass is 172 g/mol. The van der Waals surface area contributed by atoms with E-state index >= 15 is 0 Å². The van der Waals surface area contributed by atoms with Crippen molar-refractivity contribution >= 4 is 11.8 Å². The van der Waals surface area contributed by atoms with Gasteiger partial charge in [0.15, 0.2) is 0 Å². The molecule has 0 aromatic carbocycles. The summed E-state index contributed by atoms with van der Waals surface area (Å²) in [5.41, 5.74) is 0. The number of ketones is 1. The van der Waals surface area contributed by atoms with Crippen molar-refractivity contribution < 1.29 is 19.1 Å². The van der Waals surface area contributed by atoms with Crippen LogP contribution < -0.4 is 0 Å². The number of esters is 1. The molecule has 12 heavy (non-hydrogen) atoms. The second-order valence-corrected chi connectivity index (χ2v) is 2.04. The number of ether oxygens (including phenoxy) is 2. The Kier molecular flexibility index (Phi) is 4.76. The first-order valence-electron chi connectivity index (χ1n) is 3.55. The average molecular weight is 172 g/mol. The maximum Gasteiger partial charge on any atom is 0.379 e. The summed E-state index contributed by atoms with van der Waals surface area (Å²) in [6.45, 7) is 3.42. The van der Waals surface area contributed by atoms with Gasteiger partial charge in [-0.15, -0.1) is 0 Å². The van der Waals surface area contributed by atoms with Crippen LogP contribution in [0.15, 0.2) is 11.8 Å². The summed E-state index contributed by atoms with van der Waals surface area (Å²) < 4.78 is 9.14. The zero-order valence-corrected chi connectivity index (χ0v) is 7.42. The molecule has 0 atom stereocenters. The molecule has 0 unspecified atom stereocenters. The second kappa shape index (κ2) is 5.35. The molecular formula is C8H12O4. The van der Waals surface area contributed by atoms with Crippen LogP contribution in [-0.4, -0.2) is 25.5 Å². The van der Waals surface area contributed by atoms with Gasteiger partial charge in [0.2, 0.25) is 0 Å². The largest absolute Gasteiger partial charge is 0.501 e. The molecule has 0 aliphatic heterocycles. The van der Waals surface area contributed by atoms with Gasteiger partial charge in [0.25, 0.3) is 5.78 Å². The first-order chi connectivity index (χ1) is 5.61. The highest BCUT2D eigenvalue weighted by Gasteiger charge is 2.11. The highest BCUT2D eigenvalue weighted by atomic mass is 16.5. The SMILES string of the molecule is CCOC(=O)C(=O)/C=C(\C)OC. The molecule has 0 radical (unpaired) electrons. The highest BCUT2D eigenvalue weighted by Crippen LogP contribution is 1.93. The van der Waals surface area contributed by atoms with Crippen molar-refractivity contribution in [3.05, 3.63) is 11.8 Å². The van der Waals surface area contributed by atoms with Crippen LogP contribution >= 0.6 is 0 Å². The molecular weight excluding hydrogens is 160 g/mol. The van der Waals surface area contributed by atoms with E-state index in [1.54, 1.807) is 13.8 Å². The van der Waals surface area contributed by atoms with Crippen molar-refractivity contribution in [1.29, 1.82) is 0 Å². The van der Waals surface area contributed by atoms with E-state index in [4.69, 9.17) is 0 Å².